The van der Waals surface area contributed by atoms with Gasteiger partial charge in [0.2, 0.25) is 0 Å². The summed E-state index contributed by atoms with van der Waals surface area (Å²) in [6.45, 7) is -0.664. The molecule has 1 amide bonds. The Bertz CT molecular complexity index is 1150. The van der Waals surface area contributed by atoms with E-state index in [2.05, 4.69) is 5.32 Å². The molecule has 12 heteroatoms. The molecule has 1 heterocycles. The van der Waals surface area contributed by atoms with Gasteiger partial charge in [-0.25, -0.2) is 8.96 Å². The van der Waals surface area contributed by atoms with E-state index in [4.69, 9.17) is 4.74 Å². The van der Waals surface area contributed by atoms with Crippen molar-refractivity contribution < 1.29 is 68.8 Å². The maximum atomic E-state index is 13.4. The van der Waals surface area contributed by atoms with Crippen LogP contribution < -0.4 is 33.9 Å². The number of benzene rings is 2. The highest BCUT2D eigenvalue weighted by molar-refractivity contribution is 5.93. The zero-order valence-electron chi connectivity index (χ0n) is 19.3. The largest absolute Gasteiger partial charge is 1.00 e. The molecule has 0 fully saturated rings. The van der Waals surface area contributed by atoms with E-state index in [1.807, 2.05) is 0 Å². The Morgan fingerprint density at radius 1 is 0.919 bits per heavy atom. The first-order chi connectivity index (χ1) is 16.8. The van der Waals surface area contributed by atoms with Crippen LogP contribution in [0.25, 0.3) is 0 Å². The topological polar surface area (TPSA) is 42.2 Å². The summed E-state index contributed by atoms with van der Waals surface area (Å²) >= 11 is 0. The van der Waals surface area contributed by atoms with Crippen LogP contribution in [0.1, 0.15) is 38.5 Å². The number of rotatable bonds is 8. The quantitative estimate of drug-likeness (QED) is 0.233. The van der Waals surface area contributed by atoms with Gasteiger partial charge in [-0.15, -0.1) is 0 Å². The van der Waals surface area contributed by atoms with Gasteiger partial charge in [-0.3, -0.25) is 4.79 Å². The SMILES string of the molecule is C[n+]1ccc(C(=O)NCC(COCc2cc(C(F)(F)F)cc(C(F)(F)F)c2)c2ccc(F)cc2)cc1.[I-]. The first-order valence-corrected chi connectivity index (χ1v) is 10.7. The molecule has 2 aromatic carbocycles. The van der Waals surface area contributed by atoms with E-state index in [1.165, 1.54) is 24.3 Å². The van der Waals surface area contributed by atoms with Gasteiger partial charge in [0.15, 0.2) is 12.4 Å². The second kappa shape index (κ2) is 12.7. The van der Waals surface area contributed by atoms with Crippen molar-refractivity contribution in [3.05, 3.63) is 101 Å². The molecule has 0 aliphatic rings. The van der Waals surface area contributed by atoms with Crippen LogP contribution in [0.5, 0.6) is 0 Å². The Labute approximate surface area is 225 Å². The van der Waals surface area contributed by atoms with Crippen molar-refractivity contribution in [3.63, 3.8) is 0 Å². The number of hydrogen-bond acceptors (Lipinski definition) is 2. The molecular weight excluding hydrogens is 620 g/mol. The molecule has 0 aliphatic heterocycles. The lowest BCUT2D eigenvalue weighted by Crippen LogP contribution is -3.00. The van der Waals surface area contributed by atoms with Crippen LogP contribution in [0, 0.1) is 5.82 Å². The predicted molar refractivity (Wildman–Crippen MR) is 115 cm³/mol. The zero-order chi connectivity index (χ0) is 26.5. The zero-order valence-corrected chi connectivity index (χ0v) is 21.5. The Balaban J connectivity index is 0.00000481. The van der Waals surface area contributed by atoms with Crippen molar-refractivity contribution in [1.82, 2.24) is 5.32 Å². The van der Waals surface area contributed by atoms with Gasteiger partial charge in [0.05, 0.1) is 29.9 Å². The molecule has 3 aromatic rings. The van der Waals surface area contributed by atoms with Gasteiger partial charge in [0.1, 0.15) is 12.9 Å². The molecule has 0 aliphatic carbocycles. The van der Waals surface area contributed by atoms with Crippen LogP contribution in [-0.4, -0.2) is 19.1 Å². The molecular formula is C25H22F7IN2O2. The lowest BCUT2D eigenvalue weighted by atomic mass is 9.99. The maximum absolute atomic E-state index is 13.4. The van der Waals surface area contributed by atoms with Crippen LogP contribution in [0.4, 0.5) is 30.7 Å². The van der Waals surface area contributed by atoms with E-state index >= 15 is 0 Å². The summed E-state index contributed by atoms with van der Waals surface area (Å²) < 4.78 is 99.2. The highest BCUT2D eigenvalue weighted by Crippen LogP contribution is 2.36. The van der Waals surface area contributed by atoms with Gasteiger partial charge in [-0.2, -0.15) is 26.3 Å². The molecule has 0 radical (unpaired) electrons. The van der Waals surface area contributed by atoms with Crippen molar-refractivity contribution in [2.75, 3.05) is 13.2 Å². The number of amides is 1. The van der Waals surface area contributed by atoms with Gasteiger partial charge in [-0.05, 0) is 41.5 Å². The number of carbonyl (C=O) groups is 1. The van der Waals surface area contributed by atoms with Crippen molar-refractivity contribution in [2.45, 2.75) is 24.9 Å². The van der Waals surface area contributed by atoms with Crippen LogP contribution in [-0.2, 0) is 30.7 Å². The molecule has 1 unspecified atom stereocenters. The molecule has 0 saturated heterocycles. The third-order valence-corrected chi connectivity index (χ3v) is 5.33. The number of nitrogens with zero attached hydrogens (tertiary/aromatic N) is 1. The minimum atomic E-state index is -4.97. The standard InChI is InChI=1S/C25H21F7N2O2.HI/c1-34-8-6-18(7-9-34)23(35)33-13-19(17-2-4-22(26)5-3-17)15-36-14-16-10-20(24(27,28)29)12-21(11-16)25(30,31)32;/h2-12,19H,13-15H2,1H3;1H. The molecule has 37 heavy (non-hydrogen) atoms. The maximum Gasteiger partial charge on any atom is 0.416 e. The fraction of sp³-hybridized carbons (Fsp3) is 0.280. The molecule has 0 saturated carbocycles. The van der Waals surface area contributed by atoms with Crippen molar-refractivity contribution >= 4 is 5.91 Å². The Morgan fingerprint density at radius 2 is 1.46 bits per heavy atom. The minimum Gasteiger partial charge on any atom is -1.00 e. The summed E-state index contributed by atoms with van der Waals surface area (Å²) in [5, 5.41) is 2.72. The van der Waals surface area contributed by atoms with Crippen LogP contribution >= 0.6 is 0 Å². The van der Waals surface area contributed by atoms with E-state index in [9.17, 15) is 35.5 Å². The van der Waals surface area contributed by atoms with Gasteiger partial charge >= 0.3 is 12.4 Å². The van der Waals surface area contributed by atoms with Gasteiger partial charge in [-0.1, -0.05) is 12.1 Å². The summed E-state index contributed by atoms with van der Waals surface area (Å²) in [7, 11) is 1.78. The number of aryl methyl sites for hydroxylation is 1. The minimum absolute atomic E-state index is 0. The summed E-state index contributed by atoms with van der Waals surface area (Å²) in [6.07, 6.45) is -6.57. The van der Waals surface area contributed by atoms with E-state index in [0.29, 0.717) is 23.3 Å². The molecule has 0 bridgehead atoms. The highest BCUT2D eigenvalue weighted by Gasteiger charge is 2.36. The monoisotopic (exact) mass is 642 g/mol. The van der Waals surface area contributed by atoms with Crippen LogP contribution in [0.3, 0.4) is 0 Å². The number of alkyl halides is 6. The molecule has 200 valence electrons. The molecule has 3 rings (SSSR count). The molecule has 1 N–H and O–H groups in total. The fourth-order valence-corrected chi connectivity index (χ4v) is 3.40. The first-order valence-electron chi connectivity index (χ1n) is 10.7. The summed E-state index contributed by atoms with van der Waals surface area (Å²) in [5.74, 6) is -1.44. The second-order valence-corrected chi connectivity index (χ2v) is 8.14. The Hall–Kier alpha value is -2.74. The molecule has 1 aromatic heterocycles. The van der Waals surface area contributed by atoms with Gasteiger partial charge in [0.25, 0.3) is 5.91 Å². The number of pyridine rings is 1. The smallest absolute Gasteiger partial charge is 0.416 e. The van der Waals surface area contributed by atoms with Crippen molar-refractivity contribution in [2.24, 2.45) is 7.05 Å². The lowest BCUT2D eigenvalue weighted by Gasteiger charge is -2.19. The number of hydrogen-bond donors (Lipinski definition) is 1. The van der Waals surface area contributed by atoms with Crippen molar-refractivity contribution in [1.29, 1.82) is 0 Å². The van der Waals surface area contributed by atoms with Gasteiger partial charge in [0, 0.05) is 24.6 Å². The molecule has 4 nitrogen and oxygen atoms in total. The highest BCUT2D eigenvalue weighted by atomic mass is 127. The second-order valence-electron chi connectivity index (χ2n) is 8.14. The number of ether oxygens (including phenoxy) is 1. The number of aromatic nitrogens is 1. The summed E-state index contributed by atoms with van der Waals surface area (Å²) in [5.41, 5.74) is -2.23. The van der Waals surface area contributed by atoms with Gasteiger partial charge < -0.3 is 34.0 Å². The number of carbonyl (C=O) groups excluding carboxylic acids is 1. The number of nitrogens with one attached hydrogen (secondary N) is 1. The van der Waals surface area contributed by atoms with E-state index in [1.54, 1.807) is 36.1 Å². The summed E-state index contributed by atoms with van der Waals surface area (Å²) in [6, 6.07) is 9.76. The van der Waals surface area contributed by atoms with Crippen molar-refractivity contribution in [3.8, 4) is 0 Å². The average Bonchev–Trinajstić information content (AvgIpc) is 2.81. The van der Waals surface area contributed by atoms with Crippen LogP contribution in [0.15, 0.2) is 67.0 Å². The van der Waals surface area contributed by atoms with E-state index in [0.717, 1.165) is 0 Å². The number of halogens is 8. The Morgan fingerprint density at radius 3 is 1.97 bits per heavy atom. The predicted octanol–water partition coefficient (Wildman–Crippen LogP) is 2.42. The Kier molecular flexibility index (Phi) is 10.4. The van der Waals surface area contributed by atoms with E-state index < -0.39 is 47.7 Å². The lowest BCUT2D eigenvalue weighted by molar-refractivity contribution is -0.671. The summed E-state index contributed by atoms with van der Waals surface area (Å²) in [4.78, 5) is 12.5. The third-order valence-electron chi connectivity index (χ3n) is 5.33. The van der Waals surface area contributed by atoms with E-state index in [-0.39, 0.29) is 48.8 Å². The average molecular weight is 642 g/mol. The third kappa shape index (κ3) is 8.95. The normalized spacial score (nSPS) is 12.5. The first kappa shape index (κ1) is 30.5. The molecule has 0 spiro atoms. The van der Waals surface area contributed by atoms with Crippen LogP contribution in [0.2, 0.25) is 0 Å². The fourth-order valence-electron chi connectivity index (χ4n) is 3.40. The molecule has 1 atom stereocenters.